The van der Waals surface area contributed by atoms with Gasteiger partial charge in [-0.1, -0.05) is 23.2 Å². The van der Waals surface area contributed by atoms with E-state index < -0.39 is 44.0 Å². The minimum Gasteiger partial charge on any atom is -0.496 e. The lowest BCUT2D eigenvalue weighted by molar-refractivity contribution is 0.0977. The summed E-state index contributed by atoms with van der Waals surface area (Å²) in [6.45, 7) is 0. The van der Waals surface area contributed by atoms with Crippen LogP contribution >= 0.6 is 23.2 Å². The Balaban J connectivity index is 1.96. The Morgan fingerprint density at radius 1 is 1.03 bits per heavy atom. The number of aromatic nitrogens is 1. The van der Waals surface area contributed by atoms with Crippen molar-refractivity contribution in [1.29, 1.82) is 0 Å². The number of hydrogen-bond acceptors (Lipinski definition) is 6. The van der Waals surface area contributed by atoms with Gasteiger partial charge < -0.3 is 9.47 Å². The molecule has 0 aliphatic rings. The van der Waals surface area contributed by atoms with Gasteiger partial charge in [0, 0.05) is 29.5 Å². The average molecular weight is 521 g/mol. The first kappa shape index (κ1) is 24.6. The van der Waals surface area contributed by atoms with E-state index in [2.05, 4.69) is 4.98 Å². The van der Waals surface area contributed by atoms with Gasteiger partial charge in [0.05, 0.1) is 18.9 Å². The summed E-state index contributed by atoms with van der Waals surface area (Å²) < 4.78 is 76.5. The van der Waals surface area contributed by atoms with Gasteiger partial charge in [-0.2, -0.15) is 0 Å². The number of nitrogens with one attached hydrogen (secondary N) is 1. The quantitative estimate of drug-likeness (QED) is 0.461. The number of rotatable bonds is 6. The van der Waals surface area contributed by atoms with Crippen LogP contribution in [0.2, 0.25) is 10.0 Å². The Labute approximate surface area is 196 Å². The lowest BCUT2D eigenvalue weighted by Crippen LogP contribution is -2.30. The molecule has 3 rings (SSSR count). The molecular weight excluding hydrogens is 508 g/mol. The summed E-state index contributed by atoms with van der Waals surface area (Å²) in [5.74, 6) is -4.73. The van der Waals surface area contributed by atoms with E-state index in [9.17, 15) is 26.4 Å². The van der Waals surface area contributed by atoms with Gasteiger partial charge in [-0.25, -0.2) is 31.3 Å². The van der Waals surface area contributed by atoms with Crippen molar-refractivity contribution in [3.05, 3.63) is 69.6 Å². The van der Waals surface area contributed by atoms with Crippen LogP contribution in [-0.4, -0.2) is 32.7 Å². The van der Waals surface area contributed by atoms with Gasteiger partial charge in [0.15, 0.2) is 0 Å². The molecule has 1 N–H and O–H groups in total. The van der Waals surface area contributed by atoms with Crippen molar-refractivity contribution in [2.24, 2.45) is 0 Å². The highest BCUT2D eigenvalue weighted by Gasteiger charge is 2.21. The summed E-state index contributed by atoms with van der Waals surface area (Å²) in [5.41, 5.74) is -0.186. The van der Waals surface area contributed by atoms with Gasteiger partial charge in [-0.05, 0) is 18.2 Å². The number of ether oxygens (including phenoxy) is 2. The molecule has 0 radical (unpaired) electrons. The van der Waals surface area contributed by atoms with Crippen LogP contribution in [0.15, 0.2) is 36.5 Å². The van der Waals surface area contributed by atoms with Crippen LogP contribution in [0.1, 0.15) is 10.4 Å². The van der Waals surface area contributed by atoms with E-state index in [1.807, 2.05) is 0 Å². The Bertz CT molecular complexity index is 1350. The summed E-state index contributed by atoms with van der Waals surface area (Å²) in [4.78, 5) is 16.0. The molecule has 0 atom stereocenters. The first-order valence-corrected chi connectivity index (χ1v) is 11.4. The summed E-state index contributed by atoms with van der Waals surface area (Å²) in [7, 11) is -2.66. The normalized spacial score (nSPS) is 11.2. The molecule has 2 aromatic carbocycles. The zero-order chi connectivity index (χ0) is 24.5. The third-order valence-corrected chi connectivity index (χ3v) is 5.29. The van der Waals surface area contributed by atoms with E-state index in [1.54, 1.807) is 4.72 Å². The molecule has 1 aromatic heterocycles. The Hall–Kier alpha value is -3.02. The second kappa shape index (κ2) is 9.46. The van der Waals surface area contributed by atoms with E-state index >= 15 is 0 Å². The first-order chi connectivity index (χ1) is 15.4. The average Bonchev–Trinajstić information content (AvgIpc) is 2.71. The van der Waals surface area contributed by atoms with Gasteiger partial charge in [-0.3, -0.25) is 4.79 Å². The molecular formula is C20H13Cl2F3N2O5S. The van der Waals surface area contributed by atoms with E-state index in [4.69, 9.17) is 32.7 Å². The van der Waals surface area contributed by atoms with Crippen LogP contribution in [-0.2, 0) is 10.0 Å². The van der Waals surface area contributed by atoms with E-state index in [-0.39, 0.29) is 33.5 Å². The number of pyridine rings is 1. The van der Waals surface area contributed by atoms with E-state index in [0.29, 0.717) is 0 Å². The molecule has 3 aromatic rings. The van der Waals surface area contributed by atoms with Gasteiger partial charge in [0.25, 0.3) is 5.91 Å². The maximum atomic E-state index is 14.6. The van der Waals surface area contributed by atoms with Crippen molar-refractivity contribution in [1.82, 2.24) is 9.71 Å². The van der Waals surface area contributed by atoms with Crippen molar-refractivity contribution < 1.29 is 35.9 Å². The van der Waals surface area contributed by atoms with Crippen molar-refractivity contribution in [3.63, 3.8) is 0 Å². The molecule has 7 nitrogen and oxygen atoms in total. The number of nitrogens with zero attached hydrogens (tertiary/aromatic N) is 1. The van der Waals surface area contributed by atoms with Crippen LogP contribution in [0.4, 0.5) is 13.2 Å². The summed E-state index contributed by atoms with van der Waals surface area (Å²) >= 11 is 11.6. The largest absolute Gasteiger partial charge is 0.496 e. The molecule has 13 heteroatoms. The third kappa shape index (κ3) is 5.67. The molecule has 0 fully saturated rings. The van der Waals surface area contributed by atoms with Gasteiger partial charge in [-0.15, -0.1) is 0 Å². The summed E-state index contributed by atoms with van der Waals surface area (Å²) in [6, 6.07) is 4.96. The number of amides is 1. The lowest BCUT2D eigenvalue weighted by Gasteiger charge is -2.13. The van der Waals surface area contributed by atoms with Crippen molar-refractivity contribution in [2.45, 2.75) is 0 Å². The van der Waals surface area contributed by atoms with E-state index in [1.165, 1.54) is 19.4 Å². The van der Waals surface area contributed by atoms with Gasteiger partial charge in [0.1, 0.15) is 39.0 Å². The Morgan fingerprint density at radius 2 is 1.67 bits per heavy atom. The molecule has 0 saturated carbocycles. The van der Waals surface area contributed by atoms with Crippen molar-refractivity contribution in [2.75, 3.05) is 13.4 Å². The molecule has 0 bridgehead atoms. The number of carbonyl (C=O) groups is 1. The number of benzene rings is 2. The molecule has 0 aliphatic heterocycles. The fourth-order valence-electron chi connectivity index (χ4n) is 2.70. The smallest absolute Gasteiger partial charge is 0.267 e. The Kier molecular flexibility index (Phi) is 7.06. The van der Waals surface area contributed by atoms with Crippen molar-refractivity contribution in [3.8, 4) is 28.5 Å². The van der Waals surface area contributed by atoms with Crippen LogP contribution in [0.25, 0.3) is 11.1 Å². The zero-order valence-corrected chi connectivity index (χ0v) is 19.1. The highest BCUT2D eigenvalue weighted by atomic mass is 35.5. The topological polar surface area (TPSA) is 94.6 Å². The predicted molar refractivity (Wildman–Crippen MR) is 115 cm³/mol. The predicted octanol–water partition coefficient (Wildman–Crippen LogP) is 4.96. The number of methoxy groups -OCH3 is 1. The fourth-order valence-corrected chi connectivity index (χ4v) is 3.46. The molecule has 0 saturated heterocycles. The molecule has 33 heavy (non-hydrogen) atoms. The summed E-state index contributed by atoms with van der Waals surface area (Å²) in [5, 5.41) is -0.788. The SMILES string of the molecule is COc1cc(C(=O)NS(C)(=O)=O)c(F)cc1-c1cnc(Oc2cc(F)c(Cl)c(F)c2)c(Cl)c1. The monoisotopic (exact) mass is 520 g/mol. The number of halogens is 5. The van der Waals surface area contributed by atoms with Crippen molar-refractivity contribution >= 4 is 39.1 Å². The number of sulfonamides is 1. The number of carbonyl (C=O) groups excluding carboxylic acids is 1. The van der Waals surface area contributed by atoms with Crippen LogP contribution in [0.3, 0.4) is 0 Å². The second-order valence-corrected chi connectivity index (χ2v) is 9.08. The van der Waals surface area contributed by atoms with Crippen LogP contribution in [0, 0.1) is 17.5 Å². The molecule has 0 unspecified atom stereocenters. The van der Waals surface area contributed by atoms with Crippen LogP contribution in [0.5, 0.6) is 17.4 Å². The standard InChI is InChI=1S/C20H13Cl2F3N2O5S/c1-31-17-7-12(19(28)27-33(2,29)30)14(23)6-11(17)9-3-13(21)20(26-8-9)32-10-4-15(24)18(22)16(25)5-10/h3-8H,1-2H3,(H,27,28). The van der Waals surface area contributed by atoms with Gasteiger partial charge in [0.2, 0.25) is 15.9 Å². The molecule has 174 valence electrons. The minimum atomic E-state index is -3.92. The second-order valence-electron chi connectivity index (χ2n) is 6.55. The molecule has 1 amide bonds. The lowest BCUT2D eigenvalue weighted by atomic mass is 10.0. The number of hydrogen-bond donors (Lipinski definition) is 1. The Morgan fingerprint density at radius 3 is 2.21 bits per heavy atom. The summed E-state index contributed by atoms with van der Waals surface area (Å²) in [6.07, 6.45) is 1.97. The molecule has 1 heterocycles. The van der Waals surface area contributed by atoms with E-state index in [0.717, 1.165) is 30.5 Å². The maximum absolute atomic E-state index is 14.6. The minimum absolute atomic E-state index is 0.0171. The maximum Gasteiger partial charge on any atom is 0.267 e. The molecule has 0 aliphatic carbocycles. The molecule has 0 spiro atoms. The van der Waals surface area contributed by atoms with Gasteiger partial charge >= 0.3 is 0 Å². The zero-order valence-electron chi connectivity index (χ0n) is 16.8. The fraction of sp³-hybridized carbons (Fsp3) is 0.100. The highest BCUT2D eigenvalue weighted by molar-refractivity contribution is 7.89. The highest BCUT2D eigenvalue weighted by Crippen LogP contribution is 2.37. The van der Waals surface area contributed by atoms with Crippen LogP contribution < -0.4 is 14.2 Å². The third-order valence-electron chi connectivity index (χ3n) is 4.10. The first-order valence-electron chi connectivity index (χ1n) is 8.77.